The first kappa shape index (κ1) is 27.6. The Morgan fingerprint density at radius 1 is 0.724 bits per heavy atom. The van der Waals surface area contributed by atoms with Crippen molar-refractivity contribution >= 4 is 5.97 Å². The zero-order valence-electron chi connectivity index (χ0n) is 14.6. The van der Waals surface area contributed by atoms with Gasteiger partial charge >= 0.3 is 41.8 Å². The highest BCUT2D eigenvalue weighted by Crippen LogP contribution is 2.61. The number of alkyl halides is 13. The monoisotopic (exact) mass is 462 g/mol. The van der Waals surface area contributed by atoms with E-state index in [2.05, 4.69) is 4.74 Å². The predicted octanol–water partition coefficient (Wildman–Crippen LogP) is 6.09. The van der Waals surface area contributed by atoms with Crippen LogP contribution in [-0.4, -0.2) is 48.4 Å². The highest BCUT2D eigenvalue weighted by Gasteiger charge is 2.90. The highest BCUT2D eigenvalue weighted by molar-refractivity contribution is 5.72. The Hall–Kier alpha value is -1.44. The smallest absolute Gasteiger partial charge is 0.460 e. The van der Waals surface area contributed by atoms with Crippen LogP contribution < -0.4 is 0 Å². The van der Waals surface area contributed by atoms with E-state index in [1.54, 1.807) is 0 Å². The first-order chi connectivity index (χ1) is 12.7. The molecule has 0 bridgehead atoms. The van der Waals surface area contributed by atoms with E-state index in [-0.39, 0.29) is 6.42 Å². The van der Waals surface area contributed by atoms with E-state index in [4.69, 9.17) is 0 Å². The molecule has 0 radical (unpaired) electrons. The quantitative estimate of drug-likeness (QED) is 0.290. The van der Waals surface area contributed by atoms with E-state index in [1.807, 2.05) is 0 Å². The minimum absolute atomic E-state index is 0.131. The van der Waals surface area contributed by atoms with Gasteiger partial charge in [0.15, 0.2) is 0 Å². The van der Waals surface area contributed by atoms with Crippen molar-refractivity contribution in [2.24, 2.45) is 5.92 Å². The minimum Gasteiger partial charge on any atom is -0.465 e. The molecule has 0 aromatic heterocycles. The molecule has 0 aromatic rings. The Kier molecular flexibility index (Phi) is 7.94. The van der Waals surface area contributed by atoms with Gasteiger partial charge in [0.1, 0.15) is 0 Å². The predicted molar refractivity (Wildman–Crippen MR) is 70.4 cm³/mol. The van der Waals surface area contributed by atoms with Crippen LogP contribution in [0.1, 0.15) is 33.1 Å². The lowest BCUT2D eigenvalue weighted by Gasteiger charge is -2.40. The fourth-order valence-corrected chi connectivity index (χ4v) is 1.95. The maximum absolute atomic E-state index is 13.7. The van der Waals surface area contributed by atoms with Gasteiger partial charge in [-0.2, -0.15) is 57.1 Å². The van der Waals surface area contributed by atoms with Crippen molar-refractivity contribution in [2.75, 3.05) is 6.61 Å². The van der Waals surface area contributed by atoms with E-state index in [9.17, 15) is 61.9 Å². The molecule has 1 unspecified atom stereocenters. The van der Waals surface area contributed by atoms with Crippen LogP contribution in [0, 0.1) is 5.92 Å². The van der Waals surface area contributed by atoms with E-state index in [1.165, 1.54) is 6.92 Å². The second-order valence-electron chi connectivity index (χ2n) is 5.98. The minimum atomic E-state index is -7.95. The van der Waals surface area contributed by atoms with Gasteiger partial charge in [-0.05, 0) is 12.8 Å². The molecule has 0 spiro atoms. The Bertz CT molecular complexity index is 568. The van der Waals surface area contributed by atoms with Crippen LogP contribution in [0.4, 0.5) is 57.1 Å². The van der Waals surface area contributed by atoms with Crippen molar-refractivity contribution in [1.29, 1.82) is 0 Å². The number of carbonyl (C=O) groups excluding carboxylic acids is 1. The van der Waals surface area contributed by atoms with Crippen LogP contribution >= 0.6 is 0 Å². The zero-order chi connectivity index (χ0) is 23.7. The van der Waals surface area contributed by atoms with E-state index in [0.717, 1.165) is 6.92 Å². The molecule has 0 saturated carbocycles. The Morgan fingerprint density at radius 2 is 1.14 bits per heavy atom. The maximum atomic E-state index is 13.7. The summed E-state index contributed by atoms with van der Waals surface area (Å²) in [5.41, 5.74) is 0. The average Bonchev–Trinajstić information content (AvgIpc) is 2.55. The van der Waals surface area contributed by atoms with Gasteiger partial charge in [0.05, 0.1) is 12.5 Å². The molecule has 0 N–H and O–H groups in total. The lowest BCUT2D eigenvalue weighted by atomic mass is 9.88. The van der Waals surface area contributed by atoms with Gasteiger partial charge in [-0.25, -0.2) is 0 Å². The number of esters is 1. The molecule has 0 aromatic carbocycles. The lowest BCUT2D eigenvalue weighted by Crippen LogP contribution is -2.70. The second kappa shape index (κ2) is 8.36. The summed E-state index contributed by atoms with van der Waals surface area (Å²) in [4.78, 5) is 11.5. The third-order valence-electron chi connectivity index (χ3n) is 3.78. The van der Waals surface area contributed by atoms with E-state index in [0.29, 0.717) is 0 Å². The summed E-state index contributed by atoms with van der Waals surface area (Å²) in [6, 6.07) is 0. The Labute approximate surface area is 155 Å². The number of rotatable bonds is 10. The molecule has 0 rings (SSSR count). The van der Waals surface area contributed by atoms with E-state index < -0.39 is 67.1 Å². The van der Waals surface area contributed by atoms with Gasteiger partial charge < -0.3 is 4.74 Å². The third kappa shape index (κ3) is 4.67. The summed E-state index contributed by atoms with van der Waals surface area (Å²) in [5.74, 6) is -41.1. The van der Waals surface area contributed by atoms with Crippen molar-refractivity contribution in [2.45, 2.75) is 68.9 Å². The summed E-state index contributed by atoms with van der Waals surface area (Å²) < 4.78 is 173. The second-order valence-corrected chi connectivity index (χ2v) is 5.98. The molecule has 0 aliphatic carbocycles. The molecule has 0 saturated heterocycles. The number of hydrogen-bond donors (Lipinski definition) is 0. The lowest BCUT2D eigenvalue weighted by molar-refractivity contribution is -0.440. The van der Waals surface area contributed by atoms with E-state index >= 15 is 0 Å². The van der Waals surface area contributed by atoms with Crippen LogP contribution in [0.5, 0.6) is 0 Å². The molecular weight excluding hydrogens is 447 g/mol. The summed E-state index contributed by atoms with van der Waals surface area (Å²) in [7, 11) is 0. The van der Waals surface area contributed by atoms with Crippen LogP contribution in [0.25, 0.3) is 0 Å². The first-order valence-electron chi connectivity index (χ1n) is 7.78. The van der Waals surface area contributed by atoms with Crippen LogP contribution in [-0.2, 0) is 9.53 Å². The molecular formula is C14H15F13O2. The normalized spacial score (nSPS) is 16.0. The van der Waals surface area contributed by atoms with Gasteiger partial charge in [-0.15, -0.1) is 0 Å². The molecule has 174 valence electrons. The molecule has 15 heteroatoms. The van der Waals surface area contributed by atoms with Crippen molar-refractivity contribution in [3.8, 4) is 0 Å². The number of hydrogen-bond acceptors (Lipinski definition) is 2. The van der Waals surface area contributed by atoms with Gasteiger partial charge in [-0.3, -0.25) is 4.79 Å². The van der Waals surface area contributed by atoms with Crippen molar-refractivity contribution in [3.05, 3.63) is 0 Å². The fourth-order valence-electron chi connectivity index (χ4n) is 1.95. The molecule has 0 heterocycles. The molecule has 0 aliphatic rings. The van der Waals surface area contributed by atoms with Gasteiger partial charge in [0, 0.05) is 6.42 Å². The Morgan fingerprint density at radius 3 is 1.48 bits per heavy atom. The fraction of sp³-hybridized carbons (Fsp3) is 0.929. The molecule has 0 amide bonds. The standard InChI is InChI=1S/C14H15F13O2/c1-3-5-29-8(28)7(4-2)6-9(15,16)10(17,18)11(19,20)12(21,22)13(23,24)14(25,26)27/h7H,3-6H2,1-2H3. The molecule has 0 aliphatic heterocycles. The van der Waals surface area contributed by atoms with Crippen molar-refractivity contribution in [3.63, 3.8) is 0 Å². The molecule has 1 atom stereocenters. The summed E-state index contributed by atoms with van der Waals surface area (Å²) >= 11 is 0. The van der Waals surface area contributed by atoms with Gasteiger partial charge in [0.25, 0.3) is 0 Å². The van der Waals surface area contributed by atoms with Gasteiger partial charge in [-0.1, -0.05) is 13.8 Å². The SMILES string of the molecule is CCCOC(=O)C(CC)CC(F)(F)C(F)(F)C(F)(F)C(F)(F)C(F)(F)C(F)(F)F. The highest BCUT2D eigenvalue weighted by atomic mass is 19.4. The number of carbonyl (C=O) groups is 1. The van der Waals surface area contributed by atoms with Crippen LogP contribution in [0.3, 0.4) is 0 Å². The average molecular weight is 462 g/mol. The van der Waals surface area contributed by atoms with Crippen molar-refractivity contribution in [1.82, 2.24) is 0 Å². The summed E-state index contributed by atoms with van der Waals surface area (Å²) in [6.07, 6.45) is -10.6. The summed E-state index contributed by atoms with van der Waals surface area (Å²) in [5, 5.41) is 0. The topological polar surface area (TPSA) is 26.3 Å². The van der Waals surface area contributed by atoms with Crippen LogP contribution in [0.15, 0.2) is 0 Å². The number of halogens is 13. The molecule has 0 fully saturated rings. The molecule has 2 nitrogen and oxygen atoms in total. The maximum Gasteiger partial charge on any atom is 0.460 e. The van der Waals surface area contributed by atoms with Crippen LogP contribution in [0.2, 0.25) is 0 Å². The first-order valence-corrected chi connectivity index (χ1v) is 7.78. The number of ether oxygens (including phenoxy) is 1. The third-order valence-corrected chi connectivity index (χ3v) is 3.78. The van der Waals surface area contributed by atoms with Gasteiger partial charge in [0.2, 0.25) is 0 Å². The molecule has 29 heavy (non-hydrogen) atoms. The zero-order valence-corrected chi connectivity index (χ0v) is 14.6. The van der Waals surface area contributed by atoms with Crippen molar-refractivity contribution < 1.29 is 66.6 Å². The largest absolute Gasteiger partial charge is 0.465 e. The Balaban J connectivity index is 6.06. The summed E-state index contributed by atoms with van der Waals surface area (Å²) in [6.45, 7) is 1.96.